The zero-order chi connectivity index (χ0) is 13.8. The van der Waals surface area contributed by atoms with E-state index in [-0.39, 0.29) is 0 Å². The summed E-state index contributed by atoms with van der Waals surface area (Å²) in [6.45, 7) is 7.13. The van der Waals surface area contributed by atoms with E-state index in [0.29, 0.717) is 12.3 Å². The Morgan fingerprint density at radius 2 is 1.89 bits per heavy atom. The zero-order valence-corrected chi connectivity index (χ0v) is 12.5. The summed E-state index contributed by atoms with van der Waals surface area (Å²) in [6, 6.07) is 0.756. The molecular formula is C16H29NO2. The van der Waals surface area contributed by atoms with Crippen molar-refractivity contribution in [1.82, 2.24) is 4.90 Å². The number of nitrogens with zero attached hydrogens (tertiary/aromatic N) is 1. The molecule has 2 aliphatic rings. The van der Waals surface area contributed by atoms with Crippen LogP contribution in [0.5, 0.6) is 0 Å². The highest BCUT2D eigenvalue weighted by Crippen LogP contribution is 2.34. The van der Waals surface area contributed by atoms with Gasteiger partial charge >= 0.3 is 5.97 Å². The average molecular weight is 267 g/mol. The molecule has 1 aliphatic carbocycles. The molecule has 1 saturated carbocycles. The van der Waals surface area contributed by atoms with Crippen molar-refractivity contribution >= 4 is 5.97 Å². The van der Waals surface area contributed by atoms with Crippen LogP contribution in [-0.4, -0.2) is 35.1 Å². The third-order valence-corrected chi connectivity index (χ3v) is 4.99. The third kappa shape index (κ3) is 4.48. The Labute approximate surface area is 117 Å². The number of aliphatic carboxylic acids is 1. The summed E-state index contributed by atoms with van der Waals surface area (Å²) in [6.07, 6.45) is 7.75. The van der Waals surface area contributed by atoms with Crippen molar-refractivity contribution in [1.29, 1.82) is 0 Å². The molecule has 0 aromatic carbocycles. The Kier molecular flexibility index (Phi) is 5.26. The fraction of sp³-hybridized carbons (Fsp3) is 0.938. The highest BCUT2D eigenvalue weighted by molar-refractivity contribution is 5.66. The van der Waals surface area contributed by atoms with Gasteiger partial charge in [0.2, 0.25) is 0 Å². The summed E-state index contributed by atoms with van der Waals surface area (Å²) in [5.74, 6) is 1.68. The molecular weight excluding hydrogens is 238 g/mol. The van der Waals surface area contributed by atoms with Gasteiger partial charge in [-0.3, -0.25) is 4.79 Å². The summed E-state index contributed by atoms with van der Waals surface area (Å²) in [4.78, 5) is 13.4. The standard InChI is InChI=1S/C16H29NO2/c1-12-8-13(2)10-15(9-12)17-7-3-4-14(11-17)5-6-16(18)19/h12-15H,3-11H2,1-2H3,(H,18,19). The number of hydrogen-bond acceptors (Lipinski definition) is 2. The van der Waals surface area contributed by atoms with Crippen LogP contribution < -0.4 is 0 Å². The van der Waals surface area contributed by atoms with Gasteiger partial charge in [0.05, 0.1) is 0 Å². The summed E-state index contributed by atoms with van der Waals surface area (Å²) in [7, 11) is 0. The van der Waals surface area contributed by atoms with Gasteiger partial charge in [-0.25, -0.2) is 0 Å². The van der Waals surface area contributed by atoms with E-state index in [1.54, 1.807) is 0 Å². The number of carbonyl (C=O) groups is 1. The van der Waals surface area contributed by atoms with Crippen molar-refractivity contribution < 1.29 is 9.90 Å². The lowest BCUT2D eigenvalue weighted by molar-refractivity contribution is -0.137. The van der Waals surface area contributed by atoms with Crippen LogP contribution in [0.15, 0.2) is 0 Å². The molecule has 0 bridgehead atoms. The van der Waals surface area contributed by atoms with Gasteiger partial charge in [-0.05, 0) is 62.8 Å². The first-order valence-electron chi connectivity index (χ1n) is 8.00. The monoisotopic (exact) mass is 267 g/mol. The molecule has 0 aromatic rings. The van der Waals surface area contributed by atoms with E-state index in [9.17, 15) is 4.79 Å². The lowest BCUT2D eigenvalue weighted by atomic mass is 9.79. The maximum absolute atomic E-state index is 10.7. The van der Waals surface area contributed by atoms with Crippen LogP contribution in [0, 0.1) is 17.8 Å². The molecule has 19 heavy (non-hydrogen) atoms. The predicted molar refractivity (Wildman–Crippen MR) is 77.1 cm³/mol. The van der Waals surface area contributed by atoms with E-state index in [1.807, 2.05) is 0 Å². The summed E-state index contributed by atoms with van der Waals surface area (Å²) < 4.78 is 0. The van der Waals surface area contributed by atoms with Crippen molar-refractivity contribution in [3.05, 3.63) is 0 Å². The minimum absolute atomic E-state index is 0.343. The predicted octanol–water partition coefficient (Wildman–Crippen LogP) is 3.39. The fourth-order valence-corrected chi connectivity index (χ4v) is 4.19. The molecule has 2 rings (SSSR count). The van der Waals surface area contributed by atoms with Gasteiger partial charge in [-0.15, -0.1) is 0 Å². The highest BCUT2D eigenvalue weighted by atomic mass is 16.4. The molecule has 0 amide bonds. The van der Waals surface area contributed by atoms with Crippen LogP contribution >= 0.6 is 0 Å². The van der Waals surface area contributed by atoms with Crippen LogP contribution in [0.3, 0.4) is 0 Å². The van der Waals surface area contributed by atoms with E-state index < -0.39 is 5.97 Å². The van der Waals surface area contributed by atoms with Gasteiger partial charge in [-0.2, -0.15) is 0 Å². The number of likely N-dealkylation sites (tertiary alicyclic amines) is 1. The van der Waals surface area contributed by atoms with Gasteiger partial charge in [0.1, 0.15) is 0 Å². The van der Waals surface area contributed by atoms with Crippen LogP contribution in [0.2, 0.25) is 0 Å². The molecule has 0 aromatic heterocycles. The molecule has 110 valence electrons. The quantitative estimate of drug-likeness (QED) is 0.849. The second-order valence-electron chi connectivity index (χ2n) is 7.01. The van der Waals surface area contributed by atoms with E-state index in [0.717, 1.165) is 30.8 Å². The van der Waals surface area contributed by atoms with Gasteiger partial charge < -0.3 is 10.0 Å². The molecule has 2 fully saturated rings. The summed E-state index contributed by atoms with van der Waals surface area (Å²) in [5, 5.41) is 8.81. The van der Waals surface area contributed by atoms with Crippen molar-refractivity contribution in [2.24, 2.45) is 17.8 Å². The number of carboxylic acid groups (broad SMARTS) is 1. The Bertz CT molecular complexity index is 295. The van der Waals surface area contributed by atoms with Gasteiger partial charge in [0, 0.05) is 19.0 Å². The molecule has 1 saturated heterocycles. The molecule has 3 atom stereocenters. The largest absolute Gasteiger partial charge is 0.481 e. The molecule has 1 N–H and O–H groups in total. The van der Waals surface area contributed by atoms with Gasteiger partial charge in [-0.1, -0.05) is 13.8 Å². The topological polar surface area (TPSA) is 40.5 Å². The van der Waals surface area contributed by atoms with Gasteiger partial charge in [0.15, 0.2) is 0 Å². The maximum atomic E-state index is 10.7. The summed E-state index contributed by atoms with van der Waals surface area (Å²) >= 11 is 0. The van der Waals surface area contributed by atoms with Crippen molar-refractivity contribution in [3.63, 3.8) is 0 Å². The van der Waals surface area contributed by atoms with Crippen molar-refractivity contribution in [2.45, 2.75) is 64.8 Å². The first-order chi connectivity index (χ1) is 9.04. The number of hydrogen-bond donors (Lipinski definition) is 1. The molecule has 3 heteroatoms. The number of piperidine rings is 1. The van der Waals surface area contributed by atoms with Crippen molar-refractivity contribution in [3.8, 4) is 0 Å². The second-order valence-corrected chi connectivity index (χ2v) is 7.01. The van der Waals surface area contributed by atoms with E-state index >= 15 is 0 Å². The zero-order valence-electron chi connectivity index (χ0n) is 12.5. The van der Waals surface area contributed by atoms with Crippen LogP contribution in [0.1, 0.15) is 58.8 Å². The Morgan fingerprint density at radius 3 is 2.53 bits per heavy atom. The second kappa shape index (κ2) is 6.74. The number of carboxylic acids is 1. The van der Waals surface area contributed by atoms with Crippen molar-refractivity contribution in [2.75, 3.05) is 13.1 Å². The normalized spacial score (nSPS) is 37.2. The Hall–Kier alpha value is -0.570. The van der Waals surface area contributed by atoms with E-state index in [4.69, 9.17) is 5.11 Å². The molecule has 3 unspecified atom stereocenters. The Balaban J connectivity index is 1.84. The SMILES string of the molecule is CC1CC(C)CC(N2CCCC(CCC(=O)O)C2)C1. The fourth-order valence-electron chi connectivity index (χ4n) is 4.19. The molecule has 1 aliphatic heterocycles. The third-order valence-electron chi connectivity index (χ3n) is 4.99. The lowest BCUT2D eigenvalue weighted by Crippen LogP contribution is -2.45. The van der Waals surface area contributed by atoms with Gasteiger partial charge in [0.25, 0.3) is 0 Å². The van der Waals surface area contributed by atoms with Crippen LogP contribution in [0.25, 0.3) is 0 Å². The van der Waals surface area contributed by atoms with E-state index in [2.05, 4.69) is 18.7 Å². The van der Waals surface area contributed by atoms with E-state index in [1.165, 1.54) is 38.6 Å². The van der Waals surface area contributed by atoms with Crippen LogP contribution in [0.4, 0.5) is 0 Å². The lowest BCUT2D eigenvalue weighted by Gasteiger charge is -2.43. The molecule has 0 spiro atoms. The molecule has 1 heterocycles. The maximum Gasteiger partial charge on any atom is 0.303 e. The Morgan fingerprint density at radius 1 is 1.21 bits per heavy atom. The molecule has 3 nitrogen and oxygen atoms in total. The summed E-state index contributed by atoms with van der Waals surface area (Å²) in [5.41, 5.74) is 0. The first-order valence-corrected chi connectivity index (χ1v) is 8.00. The smallest absolute Gasteiger partial charge is 0.303 e. The minimum Gasteiger partial charge on any atom is -0.481 e. The highest BCUT2D eigenvalue weighted by Gasteiger charge is 2.31. The first kappa shape index (κ1) is 14.8. The molecule has 0 radical (unpaired) electrons. The number of rotatable bonds is 4. The minimum atomic E-state index is -0.642. The average Bonchev–Trinajstić information content (AvgIpc) is 2.35. The van der Waals surface area contributed by atoms with Crippen LogP contribution in [-0.2, 0) is 4.79 Å².